The summed E-state index contributed by atoms with van der Waals surface area (Å²) in [6.07, 6.45) is -3.66. The summed E-state index contributed by atoms with van der Waals surface area (Å²) in [5.41, 5.74) is 2.18. The van der Waals surface area contributed by atoms with Crippen LogP contribution in [-0.2, 0) is 6.42 Å². The van der Waals surface area contributed by atoms with Crippen molar-refractivity contribution in [3.8, 4) is 5.75 Å². The van der Waals surface area contributed by atoms with Crippen molar-refractivity contribution < 1.29 is 45.3 Å². The van der Waals surface area contributed by atoms with Crippen LogP contribution in [-0.4, -0.2) is 65.5 Å². The average molecular weight is 628 g/mol. The molecule has 0 radical (unpaired) electrons. The highest BCUT2D eigenvalue weighted by Crippen LogP contribution is 2.63. The number of aliphatic hydroxyl groups is 1. The fraction of sp³-hybridized carbons (Fsp3) is 0.812. The number of halogens is 8. The van der Waals surface area contributed by atoms with E-state index in [0.29, 0.717) is 51.1 Å². The highest BCUT2D eigenvalue weighted by Gasteiger charge is 2.72. The number of rotatable bonds is 13. The van der Waals surface area contributed by atoms with Gasteiger partial charge in [0.15, 0.2) is 0 Å². The predicted octanol–water partition coefficient (Wildman–Crippen LogP) is 8.67. The Balaban J connectivity index is 1.24. The Hall–Kier alpha value is -1.62. The monoisotopic (exact) mass is 627 g/mol. The third-order valence-electron chi connectivity index (χ3n) is 10.8. The molecule has 4 rings (SSSR count). The summed E-state index contributed by atoms with van der Waals surface area (Å²) in [7, 11) is 1.78. The zero-order valence-corrected chi connectivity index (χ0v) is 25.0. The maximum absolute atomic E-state index is 15.5. The van der Waals surface area contributed by atoms with Gasteiger partial charge in [-0.2, -0.15) is 30.7 Å². The number of aromatic hydroxyl groups is 1. The van der Waals surface area contributed by atoms with Gasteiger partial charge in [0.25, 0.3) is 0 Å². The lowest BCUT2D eigenvalue weighted by atomic mass is 9.52. The van der Waals surface area contributed by atoms with Gasteiger partial charge in [0.1, 0.15) is 11.9 Å². The summed E-state index contributed by atoms with van der Waals surface area (Å²) in [4.78, 5) is 1.89. The second-order valence-corrected chi connectivity index (χ2v) is 13.6. The van der Waals surface area contributed by atoms with Gasteiger partial charge in [-0.1, -0.05) is 19.4 Å². The fourth-order valence-electron chi connectivity index (χ4n) is 8.39. The molecule has 3 nitrogen and oxygen atoms in total. The van der Waals surface area contributed by atoms with Crippen LogP contribution in [0.4, 0.5) is 35.1 Å². The Morgan fingerprint density at radius 1 is 0.977 bits per heavy atom. The Morgan fingerprint density at radius 3 is 2.37 bits per heavy atom. The van der Waals surface area contributed by atoms with Crippen molar-refractivity contribution in [2.24, 2.45) is 23.2 Å². The van der Waals surface area contributed by atoms with Crippen LogP contribution < -0.4 is 0 Å². The first-order chi connectivity index (χ1) is 20.0. The van der Waals surface area contributed by atoms with Gasteiger partial charge in [-0.25, -0.2) is 4.39 Å². The quantitative estimate of drug-likeness (QED) is 0.170. The van der Waals surface area contributed by atoms with Crippen LogP contribution in [0.2, 0.25) is 0 Å². The molecule has 246 valence electrons. The molecule has 3 aliphatic rings. The molecule has 3 aliphatic carbocycles. The van der Waals surface area contributed by atoms with Crippen molar-refractivity contribution >= 4 is 0 Å². The minimum Gasteiger partial charge on any atom is -0.508 e. The highest BCUT2D eigenvalue weighted by molar-refractivity contribution is 5.40. The standard InChI is InChI=1S/C32H45F8NO2/c1-29-14-12-25-24-9-8-23(42)19-20(24)17-21(28(25)26(29)10-11-27(29)43)18-22(33)7-6-16-41(2)15-5-3-4-13-30(34,35)31(36,37)32(38,39)40/h8-9,19,21-22,25-28,42-43H,3-7,10-18H2,1-2H3/t21-,22?,25+,26-,27-,28+,29-/m0/s1. The second kappa shape index (κ2) is 13.0. The lowest BCUT2D eigenvalue weighted by molar-refractivity contribution is -0.355. The average Bonchev–Trinajstić information content (AvgIpc) is 3.21. The molecule has 1 aromatic rings. The Bertz CT molecular complexity index is 1080. The van der Waals surface area contributed by atoms with Crippen molar-refractivity contribution in [2.45, 2.75) is 120 Å². The van der Waals surface area contributed by atoms with Crippen molar-refractivity contribution in [1.29, 1.82) is 0 Å². The summed E-state index contributed by atoms with van der Waals surface area (Å²) in [5, 5.41) is 20.9. The summed E-state index contributed by atoms with van der Waals surface area (Å²) < 4.78 is 105. The van der Waals surface area contributed by atoms with Crippen LogP contribution >= 0.6 is 0 Å². The van der Waals surface area contributed by atoms with E-state index in [4.69, 9.17) is 0 Å². The van der Waals surface area contributed by atoms with Gasteiger partial charge in [-0.15, -0.1) is 0 Å². The number of aliphatic hydroxyl groups excluding tert-OH is 1. The second-order valence-electron chi connectivity index (χ2n) is 13.6. The van der Waals surface area contributed by atoms with Crippen LogP contribution in [0.25, 0.3) is 0 Å². The molecule has 43 heavy (non-hydrogen) atoms. The molecule has 0 saturated heterocycles. The number of nitrogens with zero attached hydrogens (tertiary/aromatic N) is 1. The van der Waals surface area contributed by atoms with Crippen molar-refractivity contribution in [2.75, 3.05) is 20.1 Å². The van der Waals surface area contributed by atoms with E-state index < -0.39 is 37.0 Å². The first-order valence-corrected chi connectivity index (χ1v) is 15.6. The molecule has 0 aliphatic heterocycles. The van der Waals surface area contributed by atoms with E-state index in [1.165, 1.54) is 5.56 Å². The van der Waals surface area contributed by atoms with Crippen molar-refractivity contribution in [3.05, 3.63) is 29.3 Å². The molecule has 0 spiro atoms. The van der Waals surface area contributed by atoms with Crippen LogP contribution in [0.3, 0.4) is 0 Å². The van der Waals surface area contributed by atoms with Gasteiger partial charge in [-0.3, -0.25) is 0 Å². The third kappa shape index (κ3) is 7.12. The molecule has 2 fully saturated rings. The van der Waals surface area contributed by atoms with Gasteiger partial charge in [0.05, 0.1) is 6.10 Å². The van der Waals surface area contributed by atoms with Gasteiger partial charge in [0.2, 0.25) is 0 Å². The lowest BCUT2D eigenvalue weighted by Gasteiger charge is -2.53. The molecule has 1 aromatic carbocycles. The summed E-state index contributed by atoms with van der Waals surface area (Å²) in [6, 6.07) is 5.55. The number of alkyl halides is 8. The normalized spacial score (nSPS) is 30.2. The zero-order chi connectivity index (χ0) is 31.8. The molecular formula is C32H45F8NO2. The van der Waals surface area contributed by atoms with E-state index in [0.717, 1.165) is 31.2 Å². The molecular weight excluding hydrogens is 582 g/mol. The van der Waals surface area contributed by atoms with Gasteiger partial charge in [0, 0.05) is 6.42 Å². The molecule has 0 heterocycles. The molecule has 0 amide bonds. The molecule has 7 atom stereocenters. The molecule has 1 unspecified atom stereocenters. The van der Waals surface area contributed by atoms with E-state index in [1.807, 2.05) is 11.0 Å². The molecule has 2 saturated carbocycles. The number of phenols is 1. The molecule has 11 heteroatoms. The number of benzene rings is 1. The number of fused-ring (bicyclic) bond motifs is 5. The Labute approximate surface area is 249 Å². The molecule has 0 aromatic heterocycles. The van der Waals surface area contributed by atoms with Crippen LogP contribution in [0.5, 0.6) is 5.75 Å². The van der Waals surface area contributed by atoms with Gasteiger partial charge in [-0.05, 0) is 137 Å². The van der Waals surface area contributed by atoms with Crippen molar-refractivity contribution in [1.82, 2.24) is 4.90 Å². The number of unbranched alkanes of at least 4 members (excludes halogenated alkanes) is 2. The Morgan fingerprint density at radius 2 is 1.67 bits per heavy atom. The van der Waals surface area contributed by atoms with Crippen LogP contribution in [0, 0.1) is 23.2 Å². The zero-order valence-electron chi connectivity index (χ0n) is 25.0. The van der Waals surface area contributed by atoms with E-state index >= 15 is 4.39 Å². The van der Waals surface area contributed by atoms with E-state index in [1.54, 1.807) is 19.2 Å². The fourth-order valence-corrected chi connectivity index (χ4v) is 8.39. The maximum atomic E-state index is 15.5. The number of phenolic OH excluding ortho intramolecular Hbond substituents is 1. The molecule has 2 N–H and O–H groups in total. The minimum atomic E-state index is -6.30. The largest absolute Gasteiger partial charge is 0.508 e. The lowest BCUT2D eigenvalue weighted by Crippen LogP contribution is -2.51. The molecule has 0 bridgehead atoms. The smallest absolute Gasteiger partial charge is 0.459 e. The SMILES string of the molecule is CN(CCCCCC(F)(F)C(F)(F)C(F)(F)F)CCCC(F)C[C@@H]1Cc2cc(O)ccc2[C@H]2CC[C@]3(C)[C@@H](O)CC[C@H]3[C@H]12. The topological polar surface area (TPSA) is 43.7 Å². The van der Waals surface area contributed by atoms with E-state index in [2.05, 4.69) is 6.92 Å². The maximum Gasteiger partial charge on any atom is 0.459 e. The van der Waals surface area contributed by atoms with E-state index in [9.17, 15) is 40.9 Å². The number of hydrogen-bond acceptors (Lipinski definition) is 3. The van der Waals surface area contributed by atoms with E-state index in [-0.39, 0.29) is 41.4 Å². The van der Waals surface area contributed by atoms with Crippen molar-refractivity contribution in [3.63, 3.8) is 0 Å². The highest BCUT2D eigenvalue weighted by atomic mass is 19.4. The van der Waals surface area contributed by atoms with Crippen LogP contribution in [0.1, 0.15) is 94.6 Å². The summed E-state index contributed by atoms with van der Waals surface area (Å²) >= 11 is 0. The minimum absolute atomic E-state index is 0.0790. The summed E-state index contributed by atoms with van der Waals surface area (Å²) in [6.45, 7) is 3.16. The first kappa shape index (κ1) is 34.3. The van der Waals surface area contributed by atoms with Gasteiger partial charge >= 0.3 is 18.0 Å². The Kier molecular flexibility index (Phi) is 10.4. The van der Waals surface area contributed by atoms with Gasteiger partial charge < -0.3 is 15.1 Å². The van der Waals surface area contributed by atoms with Crippen LogP contribution in [0.15, 0.2) is 18.2 Å². The number of hydrogen-bond donors (Lipinski definition) is 2. The predicted molar refractivity (Wildman–Crippen MR) is 148 cm³/mol. The third-order valence-corrected chi connectivity index (χ3v) is 10.8. The first-order valence-electron chi connectivity index (χ1n) is 15.6. The summed E-state index contributed by atoms with van der Waals surface area (Å²) in [5.74, 6) is -10.0.